The van der Waals surface area contributed by atoms with Gasteiger partial charge in [0.2, 0.25) is 5.91 Å². The molecule has 1 aliphatic rings. The molecule has 6 heteroatoms. The second-order valence-electron chi connectivity index (χ2n) is 8.17. The molecule has 30 heavy (non-hydrogen) atoms. The second kappa shape index (κ2) is 10.2. The lowest BCUT2D eigenvalue weighted by Crippen LogP contribution is -2.29. The van der Waals surface area contributed by atoms with Crippen LogP contribution >= 0.6 is 0 Å². The van der Waals surface area contributed by atoms with Crippen LogP contribution in [0, 0.1) is 18.7 Å². The first-order chi connectivity index (χ1) is 14.4. The molecular weight excluding hydrogens is 381 g/mol. The Bertz CT molecular complexity index is 900. The van der Waals surface area contributed by atoms with Crippen LogP contribution in [0.15, 0.2) is 42.5 Å². The van der Waals surface area contributed by atoms with Crippen molar-refractivity contribution in [2.75, 3.05) is 25.0 Å². The lowest BCUT2D eigenvalue weighted by Gasteiger charge is -2.14. The van der Waals surface area contributed by atoms with Gasteiger partial charge in [-0.2, -0.15) is 0 Å². The van der Waals surface area contributed by atoms with Gasteiger partial charge in [0.1, 0.15) is 5.82 Å². The van der Waals surface area contributed by atoms with Gasteiger partial charge < -0.3 is 16.0 Å². The number of nitrogens with one attached hydrogen (secondary N) is 3. The number of carbonyl (C=O) groups is 2. The van der Waals surface area contributed by atoms with Crippen molar-refractivity contribution in [3.63, 3.8) is 0 Å². The van der Waals surface area contributed by atoms with Crippen molar-refractivity contribution in [1.82, 2.24) is 10.6 Å². The molecule has 160 valence electrons. The Morgan fingerprint density at radius 3 is 2.80 bits per heavy atom. The van der Waals surface area contributed by atoms with Crippen LogP contribution in [0.2, 0.25) is 0 Å². The third kappa shape index (κ3) is 6.05. The molecule has 2 unspecified atom stereocenters. The van der Waals surface area contributed by atoms with Crippen LogP contribution in [0.5, 0.6) is 0 Å². The molecule has 1 heterocycles. The normalized spacial score (nSPS) is 15.8. The molecule has 1 aliphatic heterocycles. The van der Waals surface area contributed by atoms with E-state index in [0.717, 1.165) is 36.2 Å². The van der Waals surface area contributed by atoms with Crippen LogP contribution in [0.25, 0.3) is 0 Å². The maximum atomic E-state index is 13.5. The highest BCUT2D eigenvalue weighted by atomic mass is 19.1. The minimum atomic E-state index is -0.227. The molecule has 0 aromatic heterocycles. The maximum absolute atomic E-state index is 13.5. The third-order valence-electron chi connectivity index (χ3n) is 5.54. The van der Waals surface area contributed by atoms with E-state index >= 15 is 0 Å². The quantitative estimate of drug-likeness (QED) is 0.584. The fraction of sp³-hybridized carbons (Fsp3) is 0.417. The molecule has 0 radical (unpaired) electrons. The first-order valence-corrected chi connectivity index (χ1v) is 10.6. The lowest BCUT2D eigenvalue weighted by molar-refractivity contribution is -0.121. The van der Waals surface area contributed by atoms with E-state index in [0.29, 0.717) is 25.1 Å². The van der Waals surface area contributed by atoms with Gasteiger partial charge in [-0.25, -0.2) is 4.39 Å². The smallest absolute Gasteiger partial charge is 0.251 e. The maximum Gasteiger partial charge on any atom is 0.251 e. The first kappa shape index (κ1) is 21.8. The van der Waals surface area contributed by atoms with Gasteiger partial charge in [-0.1, -0.05) is 24.6 Å². The van der Waals surface area contributed by atoms with Crippen molar-refractivity contribution < 1.29 is 14.0 Å². The van der Waals surface area contributed by atoms with Gasteiger partial charge in [0.15, 0.2) is 0 Å². The summed E-state index contributed by atoms with van der Waals surface area (Å²) in [7, 11) is 0. The fourth-order valence-corrected chi connectivity index (χ4v) is 3.83. The summed E-state index contributed by atoms with van der Waals surface area (Å²) in [5.74, 6) is 0.0843. The van der Waals surface area contributed by atoms with Crippen LogP contribution in [0.4, 0.5) is 10.1 Å². The van der Waals surface area contributed by atoms with Gasteiger partial charge in [-0.15, -0.1) is 0 Å². The number of aryl methyl sites for hydroxylation is 1. The Hall–Kier alpha value is -2.89. The van der Waals surface area contributed by atoms with Gasteiger partial charge in [0, 0.05) is 43.2 Å². The highest BCUT2D eigenvalue weighted by Crippen LogP contribution is 2.33. The zero-order valence-electron chi connectivity index (χ0n) is 17.6. The van der Waals surface area contributed by atoms with Crippen molar-refractivity contribution in [3.05, 3.63) is 65.0 Å². The number of carbonyl (C=O) groups excluding carboxylic acids is 2. The monoisotopic (exact) mass is 411 g/mol. The first-order valence-electron chi connectivity index (χ1n) is 10.6. The number of hydrogen-bond donors (Lipinski definition) is 3. The van der Waals surface area contributed by atoms with Crippen molar-refractivity contribution in [2.24, 2.45) is 5.92 Å². The SMILES string of the molecule is Cc1cccc(C(=O)NCCC(C)CC(=O)NCCC2CNc3ccc(F)cc32)c1. The van der Waals surface area contributed by atoms with Gasteiger partial charge in [0.05, 0.1) is 0 Å². The number of amides is 2. The number of rotatable bonds is 9. The standard InChI is InChI=1S/C24H30FN3O2/c1-16-4-3-5-18(12-16)24(30)27-10-8-17(2)13-23(29)26-11-9-19-15-28-22-7-6-20(25)14-21(19)22/h3-7,12,14,17,19,28H,8-11,13,15H2,1-2H3,(H,26,29)(H,27,30). The molecule has 0 spiro atoms. The highest BCUT2D eigenvalue weighted by molar-refractivity contribution is 5.94. The molecule has 5 nitrogen and oxygen atoms in total. The summed E-state index contributed by atoms with van der Waals surface area (Å²) >= 11 is 0. The molecule has 3 N–H and O–H groups in total. The molecule has 0 fully saturated rings. The summed E-state index contributed by atoms with van der Waals surface area (Å²) in [5.41, 5.74) is 3.67. The number of hydrogen-bond acceptors (Lipinski definition) is 3. The summed E-state index contributed by atoms with van der Waals surface area (Å²) in [5, 5.41) is 9.17. The van der Waals surface area contributed by atoms with Crippen molar-refractivity contribution in [3.8, 4) is 0 Å². The van der Waals surface area contributed by atoms with Gasteiger partial charge >= 0.3 is 0 Å². The minimum Gasteiger partial charge on any atom is -0.384 e. The van der Waals surface area contributed by atoms with E-state index in [1.807, 2.05) is 32.0 Å². The molecule has 2 atom stereocenters. The van der Waals surface area contributed by atoms with Crippen molar-refractivity contribution >= 4 is 17.5 Å². The van der Waals surface area contributed by atoms with Gasteiger partial charge in [-0.3, -0.25) is 9.59 Å². The van der Waals surface area contributed by atoms with Crippen LogP contribution in [0.3, 0.4) is 0 Å². The number of halogens is 1. The Kier molecular flexibility index (Phi) is 7.44. The summed E-state index contributed by atoms with van der Waals surface area (Å²) in [6.07, 6.45) is 1.94. The summed E-state index contributed by atoms with van der Waals surface area (Å²) in [6.45, 7) is 5.84. The van der Waals surface area contributed by atoms with E-state index in [-0.39, 0.29) is 29.5 Å². The van der Waals surface area contributed by atoms with Crippen molar-refractivity contribution in [1.29, 1.82) is 0 Å². The zero-order valence-corrected chi connectivity index (χ0v) is 17.6. The third-order valence-corrected chi connectivity index (χ3v) is 5.54. The van der Waals surface area contributed by atoms with Crippen LogP contribution in [-0.4, -0.2) is 31.4 Å². The topological polar surface area (TPSA) is 70.2 Å². The molecule has 3 rings (SSSR count). The predicted octanol–water partition coefficient (Wildman–Crippen LogP) is 4.00. The molecule has 0 bridgehead atoms. The molecule has 2 amide bonds. The van der Waals surface area contributed by atoms with E-state index in [2.05, 4.69) is 16.0 Å². The van der Waals surface area contributed by atoms with Crippen LogP contribution in [0.1, 0.15) is 53.6 Å². The Balaban J connectivity index is 1.32. The molecule has 0 saturated heterocycles. The number of anilines is 1. The fourth-order valence-electron chi connectivity index (χ4n) is 3.83. The number of benzene rings is 2. The van der Waals surface area contributed by atoms with Crippen LogP contribution in [-0.2, 0) is 4.79 Å². The summed E-state index contributed by atoms with van der Waals surface area (Å²) < 4.78 is 13.5. The van der Waals surface area contributed by atoms with Gasteiger partial charge in [-0.05, 0) is 61.6 Å². The molecular formula is C24H30FN3O2. The summed E-state index contributed by atoms with van der Waals surface area (Å²) in [6, 6.07) is 12.3. The van der Waals surface area contributed by atoms with Crippen LogP contribution < -0.4 is 16.0 Å². The molecule has 2 aromatic carbocycles. The zero-order chi connectivity index (χ0) is 21.5. The average Bonchev–Trinajstić information content (AvgIpc) is 3.10. The molecule has 2 aromatic rings. The van der Waals surface area contributed by atoms with E-state index in [4.69, 9.17) is 0 Å². The Labute approximate surface area is 177 Å². The summed E-state index contributed by atoms with van der Waals surface area (Å²) in [4.78, 5) is 24.4. The van der Waals surface area contributed by atoms with Gasteiger partial charge in [0.25, 0.3) is 5.91 Å². The van der Waals surface area contributed by atoms with Crippen molar-refractivity contribution in [2.45, 2.75) is 39.0 Å². The highest BCUT2D eigenvalue weighted by Gasteiger charge is 2.22. The van der Waals surface area contributed by atoms with E-state index in [1.54, 1.807) is 18.2 Å². The number of fused-ring (bicyclic) bond motifs is 1. The Morgan fingerprint density at radius 1 is 1.17 bits per heavy atom. The molecule has 0 saturated carbocycles. The second-order valence-corrected chi connectivity index (χ2v) is 8.17. The van der Waals surface area contributed by atoms with E-state index < -0.39 is 0 Å². The predicted molar refractivity (Wildman–Crippen MR) is 117 cm³/mol. The molecule has 0 aliphatic carbocycles. The average molecular weight is 412 g/mol. The van der Waals surface area contributed by atoms with E-state index in [9.17, 15) is 14.0 Å². The Morgan fingerprint density at radius 2 is 2.00 bits per heavy atom. The minimum absolute atomic E-state index is 0.0120. The largest absolute Gasteiger partial charge is 0.384 e. The lowest BCUT2D eigenvalue weighted by atomic mass is 9.97. The van der Waals surface area contributed by atoms with E-state index in [1.165, 1.54) is 6.07 Å².